The molecule has 2 N–H and O–H groups in total. The summed E-state index contributed by atoms with van der Waals surface area (Å²) in [5, 5.41) is 2.98. The van der Waals surface area contributed by atoms with E-state index in [-0.39, 0.29) is 10.5 Å². The molecule has 0 aromatic heterocycles. The number of nitrogens with one attached hydrogen (secondary N) is 2. The molecule has 1 aliphatic heterocycles. The lowest BCUT2D eigenvalue weighted by atomic mass is 10.1. The van der Waals surface area contributed by atoms with Crippen molar-refractivity contribution in [3.8, 4) is 5.75 Å². The summed E-state index contributed by atoms with van der Waals surface area (Å²) in [6.45, 7) is 0. The van der Waals surface area contributed by atoms with Crippen LogP contribution in [0.15, 0.2) is 48.5 Å². The standard InChI is InChI=1S/C18H13F4N3O4/c1-29-11-8-6-10(7-9-11)14(26)23-17(18(20,21)22)15(27)25(16(28)24-17)13-5-3-2-4-12(13)19/h2-9H,1H3,(H,23,26)(H,24,28). The number of nitrogens with zero attached hydrogens (tertiary/aromatic N) is 1. The number of urea groups is 1. The van der Waals surface area contributed by atoms with Crippen LogP contribution in [0.2, 0.25) is 0 Å². The quantitative estimate of drug-likeness (QED) is 0.598. The summed E-state index contributed by atoms with van der Waals surface area (Å²) in [4.78, 5) is 37.1. The maximum absolute atomic E-state index is 14.0. The number of rotatable bonds is 4. The molecule has 1 fully saturated rings. The molecule has 0 aliphatic carbocycles. The molecule has 7 nitrogen and oxygen atoms in total. The SMILES string of the molecule is COc1ccc(C(=O)NC2(C(F)(F)F)NC(=O)N(c3ccccc3F)C2=O)cc1. The minimum atomic E-state index is -5.41. The Labute approximate surface area is 161 Å². The van der Waals surface area contributed by atoms with Crippen LogP contribution >= 0.6 is 0 Å². The van der Waals surface area contributed by atoms with Gasteiger partial charge in [0, 0.05) is 5.56 Å². The molecule has 4 amide bonds. The highest BCUT2D eigenvalue weighted by atomic mass is 19.4. The van der Waals surface area contributed by atoms with Gasteiger partial charge in [-0.1, -0.05) is 12.1 Å². The number of hydrogen-bond donors (Lipinski definition) is 2. The third kappa shape index (κ3) is 3.35. The van der Waals surface area contributed by atoms with Gasteiger partial charge in [-0.2, -0.15) is 13.2 Å². The lowest BCUT2D eigenvalue weighted by molar-refractivity contribution is -0.197. The molecule has 0 bridgehead atoms. The molecule has 29 heavy (non-hydrogen) atoms. The minimum absolute atomic E-state index is 0.00285. The topological polar surface area (TPSA) is 87.7 Å². The maximum Gasteiger partial charge on any atom is 0.440 e. The van der Waals surface area contributed by atoms with E-state index in [0.717, 1.165) is 12.1 Å². The van der Waals surface area contributed by atoms with Crippen LogP contribution in [0.25, 0.3) is 0 Å². The van der Waals surface area contributed by atoms with E-state index in [4.69, 9.17) is 4.74 Å². The summed E-state index contributed by atoms with van der Waals surface area (Å²) in [7, 11) is 1.36. The van der Waals surface area contributed by atoms with Gasteiger partial charge in [-0.3, -0.25) is 14.9 Å². The average molecular weight is 411 g/mol. The van der Waals surface area contributed by atoms with Gasteiger partial charge in [0.05, 0.1) is 12.8 Å². The Balaban J connectivity index is 1.99. The predicted molar refractivity (Wildman–Crippen MR) is 91.7 cm³/mol. The number of hydrogen-bond acceptors (Lipinski definition) is 4. The molecule has 1 heterocycles. The molecule has 0 radical (unpaired) electrons. The van der Waals surface area contributed by atoms with E-state index in [1.807, 2.05) is 0 Å². The number of carbonyl (C=O) groups excluding carboxylic acids is 3. The van der Waals surface area contributed by atoms with Crippen molar-refractivity contribution in [2.24, 2.45) is 0 Å². The normalized spacial score (nSPS) is 19.1. The Morgan fingerprint density at radius 3 is 2.28 bits per heavy atom. The Morgan fingerprint density at radius 2 is 1.72 bits per heavy atom. The first-order valence-electron chi connectivity index (χ1n) is 8.05. The fourth-order valence-corrected chi connectivity index (χ4v) is 2.71. The molecular formula is C18H13F4N3O4. The molecule has 2 aromatic rings. The molecule has 3 rings (SSSR count). The average Bonchev–Trinajstić information content (AvgIpc) is 2.93. The third-order valence-electron chi connectivity index (χ3n) is 4.19. The Kier molecular flexibility index (Phi) is 4.91. The molecule has 1 aliphatic rings. The van der Waals surface area contributed by atoms with Crippen LogP contribution in [0.5, 0.6) is 5.75 Å². The molecule has 0 spiro atoms. The van der Waals surface area contributed by atoms with Crippen molar-refractivity contribution in [3.63, 3.8) is 0 Å². The summed E-state index contributed by atoms with van der Waals surface area (Å²) in [6.07, 6.45) is -5.41. The van der Waals surface area contributed by atoms with Crippen LogP contribution in [-0.4, -0.2) is 36.8 Å². The van der Waals surface area contributed by atoms with Crippen molar-refractivity contribution in [2.75, 3.05) is 12.0 Å². The van der Waals surface area contributed by atoms with Crippen LogP contribution in [-0.2, 0) is 4.79 Å². The van der Waals surface area contributed by atoms with Gasteiger partial charge >= 0.3 is 12.2 Å². The molecule has 1 unspecified atom stereocenters. The van der Waals surface area contributed by atoms with Crippen molar-refractivity contribution in [1.82, 2.24) is 10.6 Å². The molecule has 11 heteroatoms. The second-order valence-electron chi connectivity index (χ2n) is 5.95. The van der Waals surface area contributed by atoms with Crippen LogP contribution in [0, 0.1) is 5.82 Å². The zero-order chi connectivity index (χ0) is 21.4. The fraction of sp³-hybridized carbons (Fsp3) is 0.167. The maximum atomic E-state index is 14.0. The summed E-state index contributed by atoms with van der Waals surface area (Å²) in [6, 6.07) is 7.78. The number of benzene rings is 2. The number of carbonyl (C=O) groups is 3. The van der Waals surface area contributed by atoms with E-state index in [0.29, 0.717) is 5.75 Å². The zero-order valence-corrected chi connectivity index (χ0v) is 14.7. The van der Waals surface area contributed by atoms with E-state index in [1.54, 1.807) is 0 Å². The van der Waals surface area contributed by atoms with Crippen LogP contribution < -0.4 is 20.3 Å². The van der Waals surface area contributed by atoms with Gasteiger partial charge in [-0.05, 0) is 36.4 Å². The highest BCUT2D eigenvalue weighted by Crippen LogP contribution is 2.36. The number of anilines is 1. The monoisotopic (exact) mass is 411 g/mol. The first-order chi connectivity index (χ1) is 13.6. The predicted octanol–water partition coefficient (Wildman–Crippen LogP) is 2.58. The second-order valence-corrected chi connectivity index (χ2v) is 5.95. The number of halogens is 4. The van der Waals surface area contributed by atoms with Gasteiger partial charge in [-0.25, -0.2) is 14.1 Å². The third-order valence-corrected chi connectivity index (χ3v) is 4.19. The van der Waals surface area contributed by atoms with Crippen molar-refractivity contribution in [1.29, 1.82) is 0 Å². The minimum Gasteiger partial charge on any atom is -0.497 e. The van der Waals surface area contributed by atoms with Gasteiger partial charge in [0.1, 0.15) is 11.6 Å². The first kappa shape index (κ1) is 20.1. The Hall–Kier alpha value is -3.63. The Bertz CT molecular complexity index is 978. The number of para-hydroxylation sites is 1. The summed E-state index contributed by atoms with van der Waals surface area (Å²) in [5.41, 5.74) is -4.66. The van der Waals surface area contributed by atoms with Gasteiger partial charge in [0.2, 0.25) is 0 Å². The molecule has 1 atom stereocenters. The number of alkyl halides is 3. The Morgan fingerprint density at radius 1 is 1.10 bits per heavy atom. The summed E-state index contributed by atoms with van der Waals surface area (Å²) < 4.78 is 60.4. The highest BCUT2D eigenvalue weighted by molar-refractivity contribution is 6.24. The van der Waals surface area contributed by atoms with Crippen molar-refractivity contribution < 1.29 is 36.7 Å². The number of ether oxygens (including phenoxy) is 1. The van der Waals surface area contributed by atoms with E-state index in [1.165, 1.54) is 54.1 Å². The van der Waals surface area contributed by atoms with Gasteiger partial charge in [0.25, 0.3) is 17.5 Å². The molecule has 2 aromatic carbocycles. The molecular weight excluding hydrogens is 398 g/mol. The van der Waals surface area contributed by atoms with Gasteiger partial charge in [-0.15, -0.1) is 0 Å². The van der Waals surface area contributed by atoms with Crippen molar-refractivity contribution >= 4 is 23.5 Å². The van der Waals surface area contributed by atoms with Crippen LogP contribution in [0.1, 0.15) is 10.4 Å². The number of methoxy groups -OCH3 is 1. The molecule has 0 saturated carbocycles. The van der Waals surface area contributed by atoms with Crippen LogP contribution in [0.3, 0.4) is 0 Å². The van der Waals surface area contributed by atoms with Gasteiger partial charge in [0.15, 0.2) is 0 Å². The van der Waals surface area contributed by atoms with E-state index in [2.05, 4.69) is 0 Å². The number of amides is 4. The lowest BCUT2D eigenvalue weighted by Crippen LogP contribution is -2.69. The zero-order valence-electron chi connectivity index (χ0n) is 14.7. The van der Waals surface area contributed by atoms with Crippen LogP contribution in [0.4, 0.5) is 28.0 Å². The van der Waals surface area contributed by atoms with Crippen molar-refractivity contribution in [3.05, 3.63) is 59.9 Å². The summed E-state index contributed by atoms with van der Waals surface area (Å²) >= 11 is 0. The molecule has 1 saturated heterocycles. The number of imide groups is 1. The second kappa shape index (κ2) is 7.08. The van der Waals surface area contributed by atoms with Gasteiger partial charge < -0.3 is 10.1 Å². The highest BCUT2D eigenvalue weighted by Gasteiger charge is 2.69. The largest absolute Gasteiger partial charge is 0.497 e. The van der Waals surface area contributed by atoms with E-state index >= 15 is 0 Å². The van der Waals surface area contributed by atoms with E-state index < -0.39 is 41.2 Å². The van der Waals surface area contributed by atoms with Crippen molar-refractivity contribution in [2.45, 2.75) is 11.8 Å². The lowest BCUT2D eigenvalue weighted by Gasteiger charge is -2.29. The molecule has 152 valence electrons. The van der Waals surface area contributed by atoms with E-state index in [9.17, 15) is 31.9 Å². The first-order valence-corrected chi connectivity index (χ1v) is 8.05. The smallest absolute Gasteiger partial charge is 0.440 e. The summed E-state index contributed by atoms with van der Waals surface area (Å²) in [5.74, 6) is -3.91. The fourth-order valence-electron chi connectivity index (χ4n) is 2.71.